The summed E-state index contributed by atoms with van der Waals surface area (Å²) < 4.78 is 4.62. The van der Waals surface area contributed by atoms with E-state index >= 15 is 0 Å². The number of nitrogens with one attached hydrogen (secondary N) is 1. The SMILES string of the molecule is CNC(=O)c1c(N(C)C)sc(C(=O)OC)c1N. The molecule has 1 rings (SSSR count). The van der Waals surface area contributed by atoms with E-state index in [2.05, 4.69) is 10.1 Å². The highest BCUT2D eigenvalue weighted by atomic mass is 32.1. The second-order valence-corrected chi connectivity index (χ2v) is 4.49. The standard InChI is InChI=1S/C10H15N3O3S/c1-12-8(14)5-6(11)7(10(15)16-4)17-9(5)13(2)3/h11H2,1-4H3,(H,12,14). The van der Waals surface area contributed by atoms with Gasteiger partial charge in [0.05, 0.1) is 18.4 Å². The summed E-state index contributed by atoms with van der Waals surface area (Å²) in [6, 6.07) is 0. The zero-order valence-corrected chi connectivity index (χ0v) is 11.0. The van der Waals surface area contributed by atoms with Crippen molar-refractivity contribution in [1.29, 1.82) is 0 Å². The fourth-order valence-corrected chi connectivity index (χ4v) is 2.39. The minimum absolute atomic E-state index is 0.157. The summed E-state index contributed by atoms with van der Waals surface area (Å²) in [6.45, 7) is 0. The van der Waals surface area contributed by atoms with Crippen LogP contribution in [0.3, 0.4) is 0 Å². The molecule has 0 aliphatic rings. The van der Waals surface area contributed by atoms with Crippen LogP contribution in [0.4, 0.5) is 10.7 Å². The summed E-state index contributed by atoms with van der Waals surface area (Å²) in [6.07, 6.45) is 0. The van der Waals surface area contributed by atoms with Gasteiger partial charge in [-0.2, -0.15) is 0 Å². The van der Waals surface area contributed by atoms with Gasteiger partial charge in [-0.3, -0.25) is 4.79 Å². The third-order valence-electron chi connectivity index (χ3n) is 2.16. The van der Waals surface area contributed by atoms with Gasteiger partial charge in [-0.15, -0.1) is 11.3 Å². The van der Waals surface area contributed by atoms with E-state index in [-0.39, 0.29) is 16.5 Å². The van der Waals surface area contributed by atoms with Crippen molar-refractivity contribution in [1.82, 2.24) is 5.32 Å². The lowest BCUT2D eigenvalue weighted by Gasteiger charge is -2.11. The molecule has 0 aliphatic heterocycles. The second-order valence-electron chi connectivity index (χ2n) is 3.49. The Balaban J connectivity index is 3.40. The van der Waals surface area contributed by atoms with Gasteiger partial charge in [0.2, 0.25) is 0 Å². The quantitative estimate of drug-likeness (QED) is 0.772. The number of anilines is 2. The largest absolute Gasteiger partial charge is 0.465 e. The maximum Gasteiger partial charge on any atom is 0.350 e. The number of methoxy groups -OCH3 is 1. The van der Waals surface area contributed by atoms with Gasteiger partial charge in [0, 0.05) is 21.1 Å². The van der Waals surface area contributed by atoms with E-state index in [1.54, 1.807) is 19.0 Å². The zero-order chi connectivity index (χ0) is 13.2. The lowest BCUT2D eigenvalue weighted by atomic mass is 10.2. The number of amides is 1. The highest BCUT2D eigenvalue weighted by molar-refractivity contribution is 7.19. The Kier molecular flexibility index (Phi) is 3.95. The van der Waals surface area contributed by atoms with Crippen LogP contribution in [0.15, 0.2) is 0 Å². The molecule has 7 heteroatoms. The lowest BCUT2D eigenvalue weighted by molar-refractivity contribution is 0.0607. The maximum atomic E-state index is 11.7. The molecule has 0 fully saturated rings. The maximum absolute atomic E-state index is 11.7. The molecule has 0 saturated carbocycles. The number of hydrogen-bond acceptors (Lipinski definition) is 6. The van der Waals surface area contributed by atoms with Gasteiger partial charge in [0.1, 0.15) is 9.88 Å². The number of ether oxygens (including phenoxy) is 1. The van der Waals surface area contributed by atoms with Crippen molar-refractivity contribution in [3.8, 4) is 0 Å². The minimum atomic E-state index is -0.536. The predicted octanol–water partition coefficient (Wildman–Crippen LogP) is 0.543. The van der Waals surface area contributed by atoms with Crippen LogP contribution in [0.25, 0.3) is 0 Å². The number of carbonyl (C=O) groups excluding carboxylic acids is 2. The van der Waals surface area contributed by atoms with E-state index in [1.165, 1.54) is 14.2 Å². The molecule has 0 aliphatic carbocycles. The van der Waals surface area contributed by atoms with Crippen molar-refractivity contribution in [2.24, 2.45) is 0 Å². The summed E-state index contributed by atoms with van der Waals surface area (Å²) >= 11 is 1.14. The number of nitrogen functional groups attached to an aromatic ring is 1. The van der Waals surface area contributed by atoms with Crippen molar-refractivity contribution in [2.75, 3.05) is 38.9 Å². The number of nitrogens with two attached hydrogens (primary N) is 1. The highest BCUT2D eigenvalue weighted by Gasteiger charge is 2.26. The summed E-state index contributed by atoms with van der Waals surface area (Å²) in [5.41, 5.74) is 6.28. The molecule has 0 unspecified atom stereocenters. The molecule has 17 heavy (non-hydrogen) atoms. The van der Waals surface area contributed by atoms with Gasteiger partial charge in [0.15, 0.2) is 0 Å². The van der Waals surface area contributed by atoms with Crippen LogP contribution in [-0.2, 0) is 4.74 Å². The van der Waals surface area contributed by atoms with Crippen molar-refractivity contribution in [2.45, 2.75) is 0 Å². The molecule has 0 saturated heterocycles. The van der Waals surface area contributed by atoms with Crippen molar-refractivity contribution >= 4 is 33.9 Å². The topological polar surface area (TPSA) is 84.7 Å². The van der Waals surface area contributed by atoms with Gasteiger partial charge in [-0.05, 0) is 0 Å². The van der Waals surface area contributed by atoms with E-state index < -0.39 is 5.97 Å². The number of nitrogens with zero attached hydrogens (tertiary/aromatic N) is 1. The smallest absolute Gasteiger partial charge is 0.350 e. The molecule has 1 heterocycles. The Morgan fingerprint density at radius 3 is 2.41 bits per heavy atom. The number of hydrogen-bond donors (Lipinski definition) is 2. The minimum Gasteiger partial charge on any atom is -0.465 e. The monoisotopic (exact) mass is 257 g/mol. The second kappa shape index (κ2) is 5.05. The Labute approximate surface area is 103 Å². The zero-order valence-electron chi connectivity index (χ0n) is 10.2. The Morgan fingerprint density at radius 2 is 2.00 bits per heavy atom. The normalized spacial score (nSPS) is 9.88. The van der Waals surface area contributed by atoms with Crippen LogP contribution in [0.1, 0.15) is 20.0 Å². The molecule has 0 aromatic carbocycles. The summed E-state index contributed by atoms with van der Waals surface area (Å²) in [5.74, 6) is -0.858. The van der Waals surface area contributed by atoms with E-state index in [4.69, 9.17) is 5.73 Å². The molecule has 1 aromatic heterocycles. The van der Waals surface area contributed by atoms with E-state index in [9.17, 15) is 9.59 Å². The third-order valence-corrected chi connectivity index (χ3v) is 3.51. The van der Waals surface area contributed by atoms with E-state index in [0.29, 0.717) is 10.6 Å². The number of rotatable bonds is 3. The van der Waals surface area contributed by atoms with Crippen molar-refractivity contribution in [3.63, 3.8) is 0 Å². The van der Waals surface area contributed by atoms with Crippen LogP contribution < -0.4 is 16.0 Å². The molecule has 0 atom stereocenters. The van der Waals surface area contributed by atoms with Gasteiger partial charge in [0.25, 0.3) is 5.91 Å². The average Bonchev–Trinajstić information content (AvgIpc) is 2.65. The average molecular weight is 257 g/mol. The van der Waals surface area contributed by atoms with Crippen LogP contribution in [0.2, 0.25) is 0 Å². The van der Waals surface area contributed by atoms with Gasteiger partial charge < -0.3 is 20.7 Å². The molecule has 1 aromatic rings. The van der Waals surface area contributed by atoms with Gasteiger partial charge >= 0.3 is 5.97 Å². The first-order valence-electron chi connectivity index (χ1n) is 4.84. The molecular formula is C10H15N3O3S. The van der Waals surface area contributed by atoms with Crippen molar-refractivity contribution < 1.29 is 14.3 Å². The molecule has 3 N–H and O–H groups in total. The van der Waals surface area contributed by atoms with Gasteiger partial charge in [-0.1, -0.05) is 0 Å². The first-order valence-corrected chi connectivity index (χ1v) is 5.65. The van der Waals surface area contributed by atoms with E-state index in [1.807, 2.05) is 0 Å². The molecule has 6 nitrogen and oxygen atoms in total. The van der Waals surface area contributed by atoms with Crippen LogP contribution in [0.5, 0.6) is 0 Å². The number of carbonyl (C=O) groups is 2. The number of esters is 1. The number of thiophene rings is 1. The first kappa shape index (κ1) is 13.3. The summed E-state index contributed by atoms with van der Waals surface area (Å²) in [5, 5.41) is 3.12. The summed E-state index contributed by atoms with van der Waals surface area (Å²) in [4.78, 5) is 25.2. The molecule has 1 amide bonds. The fourth-order valence-electron chi connectivity index (χ4n) is 1.34. The van der Waals surface area contributed by atoms with E-state index in [0.717, 1.165) is 11.3 Å². The van der Waals surface area contributed by atoms with Crippen LogP contribution in [-0.4, -0.2) is 40.1 Å². The molecule has 94 valence electrons. The Bertz CT molecular complexity index is 454. The third kappa shape index (κ3) is 2.33. The van der Waals surface area contributed by atoms with Crippen LogP contribution in [0, 0.1) is 0 Å². The molecule has 0 radical (unpaired) electrons. The highest BCUT2D eigenvalue weighted by Crippen LogP contribution is 2.37. The Hall–Kier alpha value is -1.76. The molecule has 0 bridgehead atoms. The predicted molar refractivity (Wildman–Crippen MR) is 67.8 cm³/mol. The summed E-state index contributed by atoms with van der Waals surface area (Å²) in [7, 11) is 6.34. The molecular weight excluding hydrogens is 242 g/mol. The van der Waals surface area contributed by atoms with Crippen molar-refractivity contribution in [3.05, 3.63) is 10.4 Å². The molecule has 0 spiro atoms. The Morgan fingerprint density at radius 1 is 1.41 bits per heavy atom. The van der Waals surface area contributed by atoms with Gasteiger partial charge in [-0.25, -0.2) is 4.79 Å². The first-order chi connectivity index (χ1) is 7.93. The fraction of sp³-hybridized carbons (Fsp3) is 0.400. The lowest BCUT2D eigenvalue weighted by Crippen LogP contribution is -2.22. The van der Waals surface area contributed by atoms with Crippen LogP contribution >= 0.6 is 11.3 Å².